The van der Waals surface area contributed by atoms with E-state index in [-0.39, 0.29) is 48.4 Å². The molecule has 0 amide bonds. The number of aliphatic hydroxyl groups is 5. The largest absolute Gasteiger partial charge is 0.447 e. The molecular weight excluding hydrogens is 757 g/mol. The summed E-state index contributed by atoms with van der Waals surface area (Å²) in [7, 11) is 1.92. The molecule has 10 rings (SSSR count). The fourth-order valence-corrected chi connectivity index (χ4v) is 17.9. The van der Waals surface area contributed by atoms with Gasteiger partial charge in [-0.1, -0.05) is 76.5 Å². The zero-order valence-electron chi connectivity index (χ0n) is 36.3. The van der Waals surface area contributed by atoms with Gasteiger partial charge in [-0.05, 0) is 130 Å². The van der Waals surface area contributed by atoms with Gasteiger partial charge in [0.25, 0.3) is 0 Å². The highest BCUT2D eigenvalue weighted by Crippen LogP contribution is 2.78. The number of aliphatic hydroxyl groups excluding tert-OH is 2. The van der Waals surface area contributed by atoms with Crippen LogP contribution in [0.2, 0.25) is 0 Å². The Morgan fingerprint density at radius 3 is 2.47 bits per heavy atom. The van der Waals surface area contributed by atoms with E-state index in [2.05, 4.69) is 35.8 Å². The zero-order chi connectivity index (χ0) is 41.9. The summed E-state index contributed by atoms with van der Waals surface area (Å²) in [6.45, 7) is 4.21. The van der Waals surface area contributed by atoms with E-state index >= 15 is 0 Å². The van der Waals surface area contributed by atoms with Crippen LogP contribution in [0.4, 0.5) is 0 Å². The Hall–Kier alpha value is -1.92. The first-order valence-electron chi connectivity index (χ1n) is 24.6. The lowest BCUT2D eigenvalue weighted by Crippen LogP contribution is -2.86. The molecule has 7 saturated carbocycles. The minimum atomic E-state index is -2.13. The van der Waals surface area contributed by atoms with Gasteiger partial charge in [0.1, 0.15) is 17.5 Å². The molecule has 332 valence electrons. The van der Waals surface area contributed by atoms with Crippen molar-refractivity contribution in [3.05, 3.63) is 35.5 Å². The third-order valence-corrected chi connectivity index (χ3v) is 20.2. The first kappa shape index (κ1) is 42.1. The fraction of sp³-hybridized carbons (Fsp3) is 0.840. The molecular formula is C50H74N2O8. The van der Waals surface area contributed by atoms with Crippen LogP contribution in [0.25, 0.3) is 0 Å². The number of ether oxygens (including phenoxy) is 1. The topological polar surface area (TPSA) is 169 Å². The summed E-state index contributed by atoms with van der Waals surface area (Å²) in [5.74, 6) is -2.49. The van der Waals surface area contributed by atoms with Gasteiger partial charge in [0.15, 0.2) is 5.60 Å². The molecule has 17 unspecified atom stereocenters. The van der Waals surface area contributed by atoms with Gasteiger partial charge in [0.05, 0.1) is 23.2 Å². The maximum absolute atomic E-state index is 14.6. The number of aldehydes is 1. The molecule has 0 aromatic heterocycles. The Bertz CT molecular complexity index is 1790. The van der Waals surface area contributed by atoms with Crippen LogP contribution in [0.15, 0.2) is 35.5 Å². The van der Waals surface area contributed by atoms with E-state index in [4.69, 9.17) is 4.74 Å². The summed E-state index contributed by atoms with van der Waals surface area (Å²) in [6.07, 6.45) is 21.6. The molecule has 2 bridgehead atoms. The van der Waals surface area contributed by atoms with E-state index in [1.165, 1.54) is 25.7 Å². The molecule has 0 aromatic carbocycles. The average Bonchev–Trinajstić information content (AvgIpc) is 3.92. The van der Waals surface area contributed by atoms with E-state index in [9.17, 15) is 35.1 Å². The minimum Gasteiger partial charge on any atom is -0.447 e. The minimum absolute atomic E-state index is 0.0841. The summed E-state index contributed by atoms with van der Waals surface area (Å²) < 4.78 is 6.41. The van der Waals surface area contributed by atoms with Crippen molar-refractivity contribution < 1.29 is 39.9 Å². The van der Waals surface area contributed by atoms with Crippen LogP contribution in [-0.4, -0.2) is 99.1 Å². The average molecular weight is 831 g/mol. The molecule has 10 nitrogen and oxygen atoms in total. The summed E-state index contributed by atoms with van der Waals surface area (Å²) in [5, 5.41) is 75.3. The SMILES string of the molecule is CCCCCC1CC2(C=O)C3CCC45CCCCC67OC(=O)C=C6C4C(C=C7CNCCNC)CC5(O)C3(O)C(O)C3CC4C(C=CCC4C4CCCC4)CC(C1O)C32O. The van der Waals surface area contributed by atoms with Gasteiger partial charge in [0, 0.05) is 48.9 Å². The highest BCUT2D eigenvalue weighted by molar-refractivity contribution is 5.88. The number of hydrogen-bond donors (Lipinski definition) is 7. The maximum Gasteiger partial charge on any atom is 0.332 e. The molecule has 1 aliphatic heterocycles. The number of allylic oxidation sites excluding steroid dienone is 3. The second-order valence-electron chi connectivity index (χ2n) is 22.1. The predicted molar refractivity (Wildman–Crippen MR) is 227 cm³/mol. The van der Waals surface area contributed by atoms with Crippen LogP contribution in [0.3, 0.4) is 0 Å². The van der Waals surface area contributed by atoms with E-state index in [0.717, 1.165) is 75.5 Å². The Morgan fingerprint density at radius 1 is 0.900 bits per heavy atom. The van der Waals surface area contributed by atoms with Gasteiger partial charge in [-0.15, -0.1) is 0 Å². The Balaban J connectivity index is 1.13. The smallest absolute Gasteiger partial charge is 0.332 e. The van der Waals surface area contributed by atoms with Gasteiger partial charge in [-0.3, -0.25) is 0 Å². The first-order valence-corrected chi connectivity index (χ1v) is 24.6. The molecule has 0 radical (unpaired) electrons. The molecule has 1 heterocycles. The highest BCUT2D eigenvalue weighted by atomic mass is 16.6. The van der Waals surface area contributed by atoms with Gasteiger partial charge >= 0.3 is 5.97 Å². The molecule has 60 heavy (non-hydrogen) atoms. The lowest BCUT2D eigenvalue weighted by molar-refractivity contribution is -0.379. The monoisotopic (exact) mass is 831 g/mol. The number of esters is 1. The molecule has 1 spiro atoms. The number of carbonyl (C=O) groups excluding carboxylic acids is 2. The molecule has 17 atom stereocenters. The lowest BCUT2D eigenvalue weighted by Gasteiger charge is -2.74. The Morgan fingerprint density at radius 2 is 1.70 bits per heavy atom. The summed E-state index contributed by atoms with van der Waals surface area (Å²) in [6, 6.07) is 0. The van der Waals surface area contributed by atoms with Crippen LogP contribution in [0, 0.1) is 70.0 Å². The third kappa shape index (κ3) is 5.36. The summed E-state index contributed by atoms with van der Waals surface area (Å²) >= 11 is 0. The highest BCUT2D eigenvalue weighted by Gasteiger charge is 2.86. The van der Waals surface area contributed by atoms with Crippen molar-refractivity contribution in [3.63, 3.8) is 0 Å². The maximum atomic E-state index is 14.6. The lowest BCUT2D eigenvalue weighted by atomic mass is 9.34. The van der Waals surface area contributed by atoms with Crippen molar-refractivity contribution in [3.8, 4) is 0 Å². The fourth-order valence-electron chi connectivity index (χ4n) is 17.9. The second kappa shape index (κ2) is 15.1. The number of unbranched alkanes of at least 4 members (excludes halogenated alkanes) is 2. The number of carbonyl (C=O) groups is 2. The Kier molecular flexibility index (Phi) is 10.6. The molecule has 10 aliphatic rings. The second-order valence-corrected chi connectivity index (χ2v) is 22.1. The van der Waals surface area contributed by atoms with Crippen molar-refractivity contribution in [2.75, 3.05) is 26.7 Å². The van der Waals surface area contributed by atoms with Crippen molar-refractivity contribution in [1.82, 2.24) is 10.6 Å². The van der Waals surface area contributed by atoms with Crippen molar-refractivity contribution in [2.24, 2.45) is 70.0 Å². The third-order valence-electron chi connectivity index (χ3n) is 20.2. The standard InChI is InChI=1S/C50H74N2O8/c1-3-4-5-13-32-26-46(29-53)40-16-19-45-17-8-9-18-47-34(28-52-21-20-51-2)22-33(42(45)37(47)25-41(54)60-47)27-48(45,57)50(40,59)44(56)39-24-36-31(23-38(43(32)55)49(39,46)58)14-10-15-35(36)30-11-6-7-12-30/h10,14,22,25,29-33,35-36,38-40,42-44,51-52,55-59H,3-9,11-13,15-21,23-24,26-28H2,1-2H3. The molecule has 0 saturated heterocycles. The van der Waals surface area contributed by atoms with Gasteiger partial charge in [-0.2, -0.15) is 0 Å². The van der Waals surface area contributed by atoms with Gasteiger partial charge < -0.3 is 45.7 Å². The van der Waals surface area contributed by atoms with E-state index < -0.39 is 63.2 Å². The number of rotatable bonds is 11. The van der Waals surface area contributed by atoms with Crippen molar-refractivity contribution in [2.45, 2.75) is 164 Å². The number of likely N-dealkylation sites (N-methyl/N-ethyl adjacent to an activating group) is 1. The van der Waals surface area contributed by atoms with E-state index in [1.54, 1.807) is 6.08 Å². The van der Waals surface area contributed by atoms with Crippen molar-refractivity contribution in [1.29, 1.82) is 0 Å². The summed E-state index contributed by atoms with van der Waals surface area (Å²) in [5.41, 5.74) is -7.08. The van der Waals surface area contributed by atoms with Crippen LogP contribution < -0.4 is 10.6 Å². The molecule has 9 aliphatic carbocycles. The predicted octanol–water partition coefficient (Wildman–Crippen LogP) is 5.30. The summed E-state index contributed by atoms with van der Waals surface area (Å²) in [4.78, 5) is 28.1. The first-order chi connectivity index (χ1) is 28.9. The van der Waals surface area contributed by atoms with Crippen LogP contribution in [0.5, 0.6) is 0 Å². The molecule has 0 aromatic rings. The van der Waals surface area contributed by atoms with Crippen LogP contribution in [-0.2, 0) is 14.3 Å². The number of fused-ring (bicyclic) bond motifs is 4. The molecule has 7 fully saturated rings. The van der Waals surface area contributed by atoms with Crippen LogP contribution in [0.1, 0.15) is 129 Å². The molecule has 10 heteroatoms. The van der Waals surface area contributed by atoms with Gasteiger partial charge in [0.2, 0.25) is 0 Å². The zero-order valence-corrected chi connectivity index (χ0v) is 36.3. The van der Waals surface area contributed by atoms with Gasteiger partial charge in [-0.25, -0.2) is 4.79 Å². The number of nitrogens with one attached hydrogen (secondary N) is 2. The van der Waals surface area contributed by atoms with Crippen molar-refractivity contribution >= 4 is 12.3 Å². The normalized spacial score (nSPS) is 51.4. The number of hydrogen-bond acceptors (Lipinski definition) is 10. The quantitative estimate of drug-likeness (QED) is 0.0629. The van der Waals surface area contributed by atoms with E-state index in [0.29, 0.717) is 56.9 Å². The van der Waals surface area contributed by atoms with E-state index in [1.807, 2.05) is 7.05 Å². The molecule has 7 N–H and O–H groups in total. The van der Waals surface area contributed by atoms with Crippen LogP contribution >= 0.6 is 0 Å². The Labute approximate surface area is 357 Å².